The van der Waals surface area contributed by atoms with Crippen molar-refractivity contribution in [3.8, 4) is 0 Å². The van der Waals surface area contributed by atoms with Crippen LogP contribution in [0.15, 0.2) is 53.0 Å². The molecule has 2 unspecified atom stereocenters. The first-order valence-electron chi connectivity index (χ1n) is 8.21. The molecule has 126 valence electrons. The Labute approximate surface area is 150 Å². The molecule has 2 nitrogen and oxygen atoms in total. The lowest BCUT2D eigenvalue weighted by Gasteiger charge is -2.37. The van der Waals surface area contributed by atoms with E-state index in [0.29, 0.717) is 17.5 Å². The van der Waals surface area contributed by atoms with E-state index in [0.717, 1.165) is 36.7 Å². The standard InChI is InChI=1S/C20H20BrFO2/c21-19-17(9-4-10-18(19)22)20(14-23)11-5-8-16(12-20)24-13-15-6-2-1-3-7-15/h1-4,6-7,9-10,14,16H,5,8,11-13H2. The van der Waals surface area contributed by atoms with E-state index in [1.54, 1.807) is 6.07 Å². The Kier molecular flexibility index (Phi) is 5.47. The van der Waals surface area contributed by atoms with E-state index in [2.05, 4.69) is 15.9 Å². The van der Waals surface area contributed by atoms with Crippen molar-refractivity contribution in [3.63, 3.8) is 0 Å². The molecule has 1 aliphatic rings. The minimum absolute atomic E-state index is 0.000626. The fraction of sp³-hybridized carbons (Fsp3) is 0.350. The van der Waals surface area contributed by atoms with Crippen molar-refractivity contribution in [2.45, 2.75) is 43.8 Å². The summed E-state index contributed by atoms with van der Waals surface area (Å²) in [6.07, 6.45) is 4.11. The predicted octanol–water partition coefficient (Wildman–Crippen LogP) is 5.18. The Morgan fingerprint density at radius 2 is 2.00 bits per heavy atom. The summed E-state index contributed by atoms with van der Waals surface area (Å²) in [6, 6.07) is 14.9. The second-order valence-corrected chi connectivity index (χ2v) is 7.18. The number of hydrogen-bond donors (Lipinski definition) is 0. The van der Waals surface area contributed by atoms with Crippen LogP contribution < -0.4 is 0 Å². The van der Waals surface area contributed by atoms with Crippen LogP contribution in [0.2, 0.25) is 0 Å². The molecule has 0 spiro atoms. The van der Waals surface area contributed by atoms with Gasteiger partial charge in [0.2, 0.25) is 0 Å². The summed E-state index contributed by atoms with van der Waals surface area (Å²) < 4.78 is 20.4. The van der Waals surface area contributed by atoms with Crippen molar-refractivity contribution in [2.24, 2.45) is 0 Å². The van der Waals surface area contributed by atoms with Gasteiger partial charge in [-0.3, -0.25) is 0 Å². The molecule has 0 saturated heterocycles. The fourth-order valence-electron chi connectivity index (χ4n) is 3.49. The summed E-state index contributed by atoms with van der Waals surface area (Å²) in [6.45, 7) is 0.533. The van der Waals surface area contributed by atoms with Crippen molar-refractivity contribution >= 4 is 22.2 Å². The molecule has 1 aliphatic carbocycles. The Hall–Kier alpha value is -1.52. The van der Waals surface area contributed by atoms with Crippen LogP contribution in [-0.2, 0) is 21.6 Å². The van der Waals surface area contributed by atoms with Crippen LogP contribution in [0.5, 0.6) is 0 Å². The number of rotatable bonds is 5. The summed E-state index contributed by atoms with van der Waals surface area (Å²) in [5, 5.41) is 0. The largest absolute Gasteiger partial charge is 0.373 e. The minimum Gasteiger partial charge on any atom is -0.373 e. The summed E-state index contributed by atoms with van der Waals surface area (Å²) in [7, 11) is 0. The average molecular weight is 391 g/mol. The maximum Gasteiger partial charge on any atom is 0.137 e. The van der Waals surface area contributed by atoms with Gasteiger partial charge in [-0.2, -0.15) is 0 Å². The van der Waals surface area contributed by atoms with E-state index in [4.69, 9.17) is 4.74 Å². The van der Waals surface area contributed by atoms with E-state index in [1.807, 2.05) is 36.4 Å². The van der Waals surface area contributed by atoms with Gasteiger partial charge in [0.05, 0.1) is 22.6 Å². The van der Waals surface area contributed by atoms with Gasteiger partial charge >= 0.3 is 0 Å². The molecule has 1 fully saturated rings. The second kappa shape index (κ2) is 7.58. The number of benzene rings is 2. The second-order valence-electron chi connectivity index (χ2n) is 6.39. The summed E-state index contributed by atoms with van der Waals surface area (Å²) in [4.78, 5) is 12.0. The summed E-state index contributed by atoms with van der Waals surface area (Å²) >= 11 is 3.31. The Bertz CT molecular complexity index is 704. The van der Waals surface area contributed by atoms with Crippen molar-refractivity contribution in [1.29, 1.82) is 0 Å². The number of ether oxygens (including phenoxy) is 1. The van der Waals surface area contributed by atoms with Crippen molar-refractivity contribution in [2.75, 3.05) is 0 Å². The van der Waals surface area contributed by atoms with Crippen LogP contribution in [0.4, 0.5) is 4.39 Å². The third kappa shape index (κ3) is 3.60. The zero-order chi connectivity index (χ0) is 17.0. The average Bonchev–Trinajstić information content (AvgIpc) is 2.63. The molecule has 2 aromatic rings. The van der Waals surface area contributed by atoms with Crippen LogP contribution in [0.25, 0.3) is 0 Å². The highest BCUT2D eigenvalue weighted by molar-refractivity contribution is 9.10. The first kappa shape index (κ1) is 17.3. The Morgan fingerprint density at radius 1 is 1.21 bits per heavy atom. The molecule has 0 radical (unpaired) electrons. The van der Waals surface area contributed by atoms with Crippen molar-refractivity contribution < 1.29 is 13.9 Å². The van der Waals surface area contributed by atoms with Crippen LogP contribution in [0.3, 0.4) is 0 Å². The van der Waals surface area contributed by atoms with Gasteiger partial charge in [-0.05, 0) is 58.8 Å². The zero-order valence-electron chi connectivity index (χ0n) is 13.4. The summed E-state index contributed by atoms with van der Waals surface area (Å²) in [5.74, 6) is -0.332. The Balaban J connectivity index is 1.77. The normalized spacial score (nSPS) is 23.8. The molecular weight excluding hydrogens is 371 g/mol. The molecule has 4 heteroatoms. The quantitative estimate of drug-likeness (QED) is 0.657. The number of hydrogen-bond acceptors (Lipinski definition) is 2. The van der Waals surface area contributed by atoms with Gasteiger partial charge in [-0.1, -0.05) is 42.5 Å². The highest BCUT2D eigenvalue weighted by Crippen LogP contribution is 2.42. The first-order valence-corrected chi connectivity index (χ1v) is 9.00. The highest BCUT2D eigenvalue weighted by atomic mass is 79.9. The topological polar surface area (TPSA) is 26.3 Å². The lowest BCUT2D eigenvalue weighted by atomic mass is 9.69. The van der Waals surface area contributed by atoms with Crippen LogP contribution in [0, 0.1) is 5.82 Å². The zero-order valence-corrected chi connectivity index (χ0v) is 15.0. The SMILES string of the molecule is O=CC1(c2cccc(F)c2Br)CCCC(OCc2ccccc2)C1. The number of carbonyl (C=O) groups excluding carboxylic acids is 1. The monoisotopic (exact) mass is 390 g/mol. The molecule has 24 heavy (non-hydrogen) atoms. The molecule has 1 saturated carbocycles. The maximum atomic E-state index is 13.9. The molecule has 3 rings (SSSR count). The van der Waals surface area contributed by atoms with E-state index in [9.17, 15) is 9.18 Å². The van der Waals surface area contributed by atoms with Crippen LogP contribution in [-0.4, -0.2) is 12.4 Å². The molecule has 2 atom stereocenters. The van der Waals surface area contributed by atoms with Gasteiger partial charge in [0.25, 0.3) is 0 Å². The van der Waals surface area contributed by atoms with Gasteiger partial charge in [0.15, 0.2) is 0 Å². The maximum absolute atomic E-state index is 13.9. The fourth-order valence-corrected chi connectivity index (χ4v) is 4.15. The molecule has 0 amide bonds. The number of carbonyl (C=O) groups is 1. The van der Waals surface area contributed by atoms with Crippen LogP contribution >= 0.6 is 15.9 Å². The van der Waals surface area contributed by atoms with E-state index >= 15 is 0 Å². The molecule has 0 bridgehead atoms. The highest BCUT2D eigenvalue weighted by Gasteiger charge is 2.40. The molecule has 2 aromatic carbocycles. The van der Waals surface area contributed by atoms with E-state index in [1.165, 1.54) is 6.07 Å². The minimum atomic E-state index is -0.680. The van der Waals surface area contributed by atoms with Gasteiger partial charge < -0.3 is 9.53 Å². The van der Waals surface area contributed by atoms with E-state index < -0.39 is 5.41 Å². The van der Waals surface area contributed by atoms with Gasteiger partial charge in [-0.15, -0.1) is 0 Å². The smallest absolute Gasteiger partial charge is 0.137 e. The lowest BCUT2D eigenvalue weighted by molar-refractivity contribution is -0.116. The predicted molar refractivity (Wildman–Crippen MR) is 95.3 cm³/mol. The third-order valence-electron chi connectivity index (χ3n) is 4.78. The van der Waals surface area contributed by atoms with Crippen molar-refractivity contribution in [3.05, 3.63) is 69.9 Å². The van der Waals surface area contributed by atoms with Gasteiger partial charge in [-0.25, -0.2) is 4.39 Å². The van der Waals surface area contributed by atoms with Crippen molar-refractivity contribution in [1.82, 2.24) is 0 Å². The molecule has 0 aromatic heterocycles. The van der Waals surface area contributed by atoms with Gasteiger partial charge in [0.1, 0.15) is 12.1 Å². The van der Waals surface area contributed by atoms with Crippen LogP contribution in [0.1, 0.15) is 36.8 Å². The lowest BCUT2D eigenvalue weighted by Crippen LogP contribution is -2.38. The number of aldehydes is 1. The molecule has 0 N–H and O–H groups in total. The molecule has 0 heterocycles. The summed E-state index contributed by atoms with van der Waals surface area (Å²) in [5.41, 5.74) is 1.16. The molecular formula is C20H20BrFO2. The number of halogens is 2. The third-order valence-corrected chi connectivity index (χ3v) is 5.59. The Morgan fingerprint density at radius 3 is 2.75 bits per heavy atom. The molecule has 0 aliphatic heterocycles. The van der Waals surface area contributed by atoms with E-state index in [-0.39, 0.29) is 11.9 Å². The first-order chi connectivity index (χ1) is 11.6. The van der Waals surface area contributed by atoms with Gasteiger partial charge in [0, 0.05) is 0 Å².